The normalized spacial score (nSPS) is 12.4. The summed E-state index contributed by atoms with van der Waals surface area (Å²) in [5.41, 5.74) is 1.03. The largest absolute Gasteiger partial charge is 0.496 e. The van der Waals surface area contributed by atoms with Crippen molar-refractivity contribution in [3.8, 4) is 5.75 Å². The van der Waals surface area contributed by atoms with Crippen LogP contribution >= 0.6 is 11.6 Å². The third-order valence-electron chi connectivity index (χ3n) is 3.43. The summed E-state index contributed by atoms with van der Waals surface area (Å²) in [5, 5.41) is 8.27. The monoisotopic (exact) mass is 308 g/mol. The van der Waals surface area contributed by atoms with Crippen LogP contribution in [0.15, 0.2) is 24.5 Å². The molecule has 0 aliphatic rings. The molecule has 0 saturated heterocycles. The van der Waals surface area contributed by atoms with E-state index in [1.807, 2.05) is 29.9 Å². The van der Waals surface area contributed by atoms with E-state index in [9.17, 15) is 0 Å². The SMILES string of the molecule is CCCn1ncnc1CC(NC)c1cc(Cl)ccc1OC. The summed E-state index contributed by atoms with van der Waals surface area (Å²) in [7, 11) is 3.59. The lowest BCUT2D eigenvalue weighted by Gasteiger charge is -2.19. The molecule has 1 aromatic carbocycles. The van der Waals surface area contributed by atoms with Gasteiger partial charge in [0.25, 0.3) is 0 Å². The molecule has 6 heteroatoms. The topological polar surface area (TPSA) is 52.0 Å². The van der Waals surface area contributed by atoms with E-state index in [4.69, 9.17) is 16.3 Å². The van der Waals surface area contributed by atoms with Crippen LogP contribution in [0.2, 0.25) is 5.02 Å². The average Bonchev–Trinajstić information content (AvgIpc) is 2.92. The molecule has 1 N–H and O–H groups in total. The molecular formula is C15H21ClN4O. The van der Waals surface area contributed by atoms with Crippen LogP contribution in [0.4, 0.5) is 0 Å². The van der Waals surface area contributed by atoms with E-state index in [1.54, 1.807) is 13.4 Å². The minimum Gasteiger partial charge on any atom is -0.496 e. The molecular weight excluding hydrogens is 288 g/mol. The highest BCUT2D eigenvalue weighted by Gasteiger charge is 2.18. The number of aromatic nitrogens is 3. The standard InChI is InChI=1S/C15H21ClN4O/c1-4-7-20-15(18-10-19-20)9-13(17-2)12-8-11(16)5-6-14(12)21-3/h5-6,8,10,13,17H,4,7,9H2,1-3H3. The number of ether oxygens (including phenoxy) is 1. The van der Waals surface area contributed by atoms with Crippen LogP contribution in [0, 0.1) is 0 Å². The van der Waals surface area contributed by atoms with Crippen molar-refractivity contribution in [2.45, 2.75) is 32.4 Å². The number of halogens is 1. The maximum absolute atomic E-state index is 6.12. The summed E-state index contributed by atoms with van der Waals surface area (Å²) in [5.74, 6) is 1.78. The van der Waals surface area contributed by atoms with Crippen LogP contribution in [-0.2, 0) is 13.0 Å². The lowest BCUT2D eigenvalue weighted by molar-refractivity contribution is 0.399. The van der Waals surface area contributed by atoms with Crippen LogP contribution in [0.25, 0.3) is 0 Å². The number of hydrogen-bond acceptors (Lipinski definition) is 4. The summed E-state index contributed by atoms with van der Waals surface area (Å²) in [6.45, 7) is 3.00. The molecule has 2 rings (SSSR count). The van der Waals surface area contributed by atoms with Gasteiger partial charge in [0.1, 0.15) is 17.9 Å². The van der Waals surface area contributed by atoms with Crippen molar-refractivity contribution in [1.29, 1.82) is 0 Å². The molecule has 0 bridgehead atoms. The summed E-state index contributed by atoms with van der Waals surface area (Å²) < 4.78 is 7.38. The van der Waals surface area contributed by atoms with Gasteiger partial charge in [-0.15, -0.1) is 0 Å². The molecule has 5 nitrogen and oxygen atoms in total. The van der Waals surface area contributed by atoms with Crippen LogP contribution in [0.5, 0.6) is 5.75 Å². The number of aryl methyl sites for hydroxylation is 1. The fourth-order valence-electron chi connectivity index (χ4n) is 2.37. The minimum absolute atomic E-state index is 0.0680. The third-order valence-corrected chi connectivity index (χ3v) is 3.67. The molecule has 114 valence electrons. The Bertz CT molecular complexity index is 585. The molecule has 1 atom stereocenters. The Labute approximate surface area is 130 Å². The van der Waals surface area contributed by atoms with Gasteiger partial charge in [-0.05, 0) is 31.7 Å². The molecule has 0 saturated carbocycles. The van der Waals surface area contributed by atoms with Gasteiger partial charge in [0, 0.05) is 29.6 Å². The first-order chi connectivity index (χ1) is 10.2. The van der Waals surface area contributed by atoms with E-state index in [-0.39, 0.29) is 6.04 Å². The molecule has 0 radical (unpaired) electrons. The number of methoxy groups -OCH3 is 1. The maximum atomic E-state index is 6.12. The highest BCUT2D eigenvalue weighted by Crippen LogP contribution is 2.29. The van der Waals surface area contributed by atoms with Crippen molar-refractivity contribution in [2.75, 3.05) is 14.2 Å². The van der Waals surface area contributed by atoms with Gasteiger partial charge in [0.2, 0.25) is 0 Å². The van der Waals surface area contributed by atoms with Gasteiger partial charge in [0.15, 0.2) is 0 Å². The van der Waals surface area contributed by atoms with Gasteiger partial charge in [-0.1, -0.05) is 18.5 Å². The van der Waals surface area contributed by atoms with Crippen LogP contribution < -0.4 is 10.1 Å². The van der Waals surface area contributed by atoms with Crippen molar-refractivity contribution in [3.63, 3.8) is 0 Å². The number of nitrogens with one attached hydrogen (secondary N) is 1. The number of hydrogen-bond donors (Lipinski definition) is 1. The zero-order chi connectivity index (χ0) is 15.2. The van der Waals surface area contributed by atoms with Gasteiger partial charge in [-0.25, -0.2) is 4.98 Å². The molecule has 1 aromatic heterocycles. The molecule has 1 unspecified atom stereocenters. The molecule has 0 spiro atoms. The van der Waals surface area contributed by atoms with E-state index < -0.39 is 0 Å². The lowest BCUT2D eigenvalue weighted by atomic mass is 10.0. The Balaban J connectivity index is 2.27. The van der Waals surface area contributed by atoms with Crippen LogP contribution in [0.3, 0.4) is 0 Å². The van der Waals surface area contributed by atoms with Gasteiger partial charge in [-0.3, -0.25) is 4.68 Å². The van der Waals surface area contributed by atoms with Gasteiger partial charge < -0.3 is 10.1 Å². The van der Waals surface area contributed by atoms with Gasteiger partial charge >= 0.3 is 0 Å². The molecule has 21 heavy (non-hydrogen) atoms. The van der Waals surface area contributed by atoms with E-state index in [1.165, 1.54) is 0 Å². The van der Waals surface area contributed by atoms with Crippen LogP contribution in [-0.4, -0.2) is 28.9 Å². The zero-order valence-corrected chi connectivity index (χ0v) is 13.4. The number of nitrogens with zero attached hydrogens (tertiary/aromatic N) is 3. The highest BCUT2D eigenvalue weighted by atomic mass is 35.5. The first kappa shape index (κ1) is 15.8. The first-order valence-corrected chi connectivity index (χ1v) is 7.44. The molecule has 2 aromatic rings. The summed E-state index contributed by atoms with van der Waals surface area (Å²) in [4.78, 5) is 4.36. The zero-order valence-electron chi connectivity index (χ0n) is 12.6. The average molecular weight is 309 g/mol. The third kappa shape index (κ3) is 3.74. The summed E-state index contributed by atoms with van der Waals surface area (Å²) in [6, 6.07) is 5.72. The Morgan fingerprint density at radius 1 is 1.43 bits per heavy atom. The van der Waals surface area contributed by atoms with Crippen LogP contribution in [0.1, 0.15) is 30.8 Å². The van der Waals surface area contributed by atoms with Crippen molar-refractivity contribution in [2.24, 2.45) is 0 Å². The second-order valence-corrected chi connectivity index (χ2v) is 5.27. The van der Waals surface area contributed by atoms with Crippen molar-refractivity contribution in [3.05, 3.63) is 40.9 Å². The molecule has 0 fully saturated rings. The molecule has 0 amide bonds. The molecule has 1 heterocycles. The second kappa shape index (κ2) is 7.43. The second-order valence-electron chi connectivity index (χ2n) is 4.83. The fourth-order valence-corrected chi connectivity index (χ4v) is 2.55. The summed E-state index contributed by atoms with van der Waals surface area (Å²) in [6.07, 6.45) is 3.36. The summed E-state index contributed by atoms with van der Waals surface area (Å²) >= 11 is 6.12. The van der Waals surface area contributed by atoms with E-state index >= 15 is 0 Å². The fraction of sp³-hybridized carbons (Fsp3) is 0.467. The smallest absolute Gasteiger partial charge is 0.138 e. The molecule has 0 aliphatic heterocycles. The number of rotatable bonds is 7. The number of likely N-dealkylation sites (N-methyl/N-ethyl adjacent to an activating group) is 1. The Kier molecular flexibility index (Phi) is 5.59. The first-order valence-electron chi connectivity index (χ1n) is 7.07. The molecule has 0 aliphatic carbocycles. The Morgan fingerprint density at radius 3 is 2.90 bits per heavy atom. The minimum atomic E-state index is 0.0680. The number of benzene rings is 1. The predicted octanol–water partition coefficient (Wildman–Crippen LogP) is 2.85. The van der Waals surface area contributed by atoms with E-state index in [0.29, 0.717) is 5.02 Å². The van der Waals surface area contributed by atoms with Crippen molar-refractivity contribution >= 4 is 11.6 Å². The van der Waals surface area contributed by atoms with Gasteiger partial charge in [-0.2, -0.15) is 5.10 Å². The Hall–Kier alpha value is -1.59. The quantitative estimate of drug-likeness (QED) is 0.854. The highest BCUT2D eigenvalue weighted by molar-refractivity contribution is 6.30. The van der Waals surface area contributed by atoms with E-state index in [0.717, 1.165) is 36.5 Å². The Morgan fingerprint density at radius 2 is 2.24 bits per heavy atom. The van der Waals surface area contributed by atoms with Crippen molar-refractivity contribution < 1.29 is 4.74 Å². The maximum Gasteiger partial charge on any atom is 0.138 e. The van der Waals surface area contributed by atoms with Gasteiger partial charge in [0.05, 0.1) is 7.11 Å². The van der Waals surface area contributed by atoms with E-state index in [2.05, 4.69) is 22.3 Å². The lowest BCUT2D eigenvalue weighted by Crippen LogP contribution is -2.22. The van der Waals surface area contributed by atoms with Crippen molar-refractivity contribution in [1.82, 2.24) is 20.1 Å². The predicted molar refractivity (Wildman–Crippen MR) is 83.8 cm³/mol.